The largest absolute Gasteiger partial charge is 0.377 e. The smallest absolute Gasteiger partial charge is 0.131 e. The van der Waals surface area contributed by atoms with Crippen molar-refractivity contribution >= 4 is 17.3 Å². The number of anilines is 1. The van der Waals surface area contributed by atoms with E-state index in [0.29, 0.717) is 17.0 Å². The van der Waals surface area contributed by atoms with E-state index >= 15 is 0 Å². The van der Waals surface area contributed by atoms with Crippen LogP contribution in [0.3, 0.4) is 0 Å². The van der Waals surface area contributed by atoms with Crippen LogP contribution in [0.25, 0.3) is 0 Å². The number of nitrogens with one attached hydrogen (secondary N) is 1. The molecule has 0 saturated carbocycles. The first-order chi connectivity index (χ1) is 9.06. The van der Waals surface area contributed by atoms with Gasteiger partial charge in [-0.15, -0.1) is 0 Å². The van der Waals surface area contributed by atoms with E-state index in [2.05, 4.69) is 5.32 Å². The molecule has 1 N–H and O–H groups in total. The van der Waals surface area contributed by atoms with Gasteiger partial charge in [-0.1, -0.05) is 23.7 Å². The molecular formula is C15H12ClF2N. The van der Waals surface area contributed by atoms with Crippen molar-refractivity contribution in [1.29, 1.82) is 0 Å². The molecule has 98 valence electrons. The van der Waals surface area contributed by atoms with E-state index < -0.39 is 11.6 Å². The number of hydrogen-bond donors (Lipinski definition) is 1. The average molecular weight is 280 g/mol. The highest BCUT2D eigenvalue weighted by molar-refractivity contribution is 6.31. The molecule has 2 aromatic rings. The van der Waals surface area contributed by atoms with E-state index in [0.717, 1.165) is 22.9 Å². The molecule has 0 spiro atoms. The van der Waals surface area contributed by atoms with E-state index in [-0.39, 0.29) is 6.04 Å². The van der Waals surface area contributed by atoms with Gasteiger partial charge in [0.05, 0.1) is 6.04 Å². The predicted octanol–water partition coefficient (Wildman–Crippen LogP) is 4.64. The van der Waals surface area contributed by atoms with Gasteiger partial charge in [0, 0.05) is 22.3 Å². The second-order valence-electron chi connectivity index (χ2n) is 4.77. The highest BCUT2D eigenvalue weighted by atomic mass is 35.5. The van der Waals surface area contributed by atoms with Gasteiger partial charge in [-0.3, -0.25) is 0 Å². The summed E-state index contributed by atoms with van der Waals surface area (Å²) in [5, 5.41) is 3.96. The Morgan fingerprint density at radius 1 is 1.21 bits per heavy atom. The molecule has 1 aliphatic heterocycles. The number of rotatable bonds is 1. The molecule has 0 fully saturated rings. The van der Waals surface area contributed by atoms with Gasteiger partial charge in [0.25, 0.3) is 0 Å². The zero-order chi connectivity index (χ0) is 13.6. The Morgan fingerprint density at radius 3 is 2.74 bits per heavy atom. The zero-order valence-electron chi connectivity index (χ0n) is 10.3. The molecule has 1 aliphatic rings. The third-order valence-corrected chi connectivity index (χ3v) is 3.98. The molecule has 0 radical (unpaired) electrons. The summed E-state index contributed by atoms with van der Waals surface area (Å²) in [6, 6.07) is 7.31. The third kappa shape index (κ3) is 2.08. The maximum absolute atomic E-state index is 13.8. The van der Waals surface area contributed by atoms with Crippen LogP contribution < -0.4 is 5.32 Å². The summed E-state index contributed by atoms with van der Waals surface area (Å²) in [5.74, 6) is -1.08. The van der Waals surface area contributed by atoms with E-state index in [1.807, 2.05) is 19.1 Å². The van der Waals surface area contributed by atoms with Gasteiger partial charge >= 0.3 is 0 Å². The monoisotopic (exact) mass is 279 g/mol. The SMILES string of the molecule is Cc1c(Cl)ccc2c1NC(c1ccc(F)cc1F)C2. The van der Waals surface area contributed by atoms with Crippen LogP contribution in [0.15, 0.2) is 30.3 Å². The van der Waals surface area contributed by atoms with Crippen molar-refractivity contribution in [3.05, 3.63) is 63.7 Å². The molecule has 1 heterocycles. The molecule has 4 heteroatoms. The molecule has 0 aliphatic carbocycles. The summed E-state index contributed by atoms with van der Waals surface area (Å²) in [5.41, 5.74) is 3.51. The fourth-order valence-electron chi connectivity index (χ4n) is 2.53. The predicted molar refractivity (Wildman–Crippen MR) is 72.6 cm³/mol. The zero-order valence-corrected chi connectivity index (χ0v) is 11.1. The van der Waals surface area contributed by atoms with Gasteiger partial charge in [-0.2, -0.15) is 0 Å². The van der Waals surface area contributed by atoms with Crippen LogP contribution >= 0.6 is 11.6 Å². The van der Waals surface area contributed by atoms with Gasteiger partial charge in [0.15, 0.2) is 0 Å². The first-order valence-electron chi connectivity index (χ1n) is 6.05. The molecule has 1 unspecified atom stereocenters. The minimum atomic E-state index is -0.559. The van der Waals surface area contributed by atoms with Crippen LogP contribution in [-0.4, -0.2) is 0 Å². The van der Waals surface area contributed by atoms with Gasteiger partial charge in [-0.25, -0.2) is 8.78 Å². The number of fused-ring (bicyclic) bond motifs is 1. The first kappa shape index (κ1) is 12.4. The Bertz CT molecular complexity index is 655. The van der Waals surface area contributed by atoms with Crippen LogP contribution in [0.2, 0.25) is 5.02 Å². The summed E-state index contributed by atoms with van der Waals surface area (Å²) in [4.78, 5) is 0. The molecule has 1 atom stereocenters. The van der Waals surface area contributed by atoms with E-state index in [1.165, 1.54) is 12.1 Å². The highest BCUT2D eigenvalue weighted by Crippen LogP contribution is 2.39. The quantitative estimate of drug-likeness (QED) is 0.802. The van der Waals surface area contributed by atoms with Crippen molar-refractivity contribution in [1.82, 2.24) is 0 Å². The Labute approximate surface area is 115 Å². The molecule has 0 bridgehead atoms. The van der Waals surface area contributed by atoms with Gasteiger partial charge in [-0.05, 0) is 36.6 Å². The summed E-state index contributed by atoms with van der Waals surface area (Å²) in [6.45, 7) is 1.93. The lowest BCUT2D eigenvalue weighted by molar-refractivity contribution is 0.563. The molecule has 0 amide bonds. The maximum atomic E-state index is 13.8. The summed E-state index contributed by atoms with van der Waals surface area (Å²) in [7, 11) is 0. The molecule has 3 rings (SSSR count). The van der Waals surface area contributed by atoms with Crippen LogP contribution in [0.4, 0.5) is 14.5 Å². The van der Waals surface area contributed by atoms with Gasteiger partial charge in [0.1, 0.15) is 11.6 Å². The topological polar surface area (TPSA) is 12.0 Å². The fourth-order valence-corrected chi connectivity index (χ4v) is 2.69. The number of benzene rings is 2. The summed E-state index contributed by atoms with van der Waals surface area (Å²) < 4.78 is 26.7. The lowest BCUT2D eigenvalue weighted by Gasteiger charge is -2.13. The molecule has 19 heavy (non-hydrogen) atoms. The van der Waals surface area contributed by atoms with E-state index in [1.54, 1.807) is 0 Å². The molecule has 1 nitrogen and oxygen atoms in total. The molecule has 0 aromatic heterocycles. The van der Waals surface area contributed by atoms with Crippen LogP contribution in [0, 0.1) is 18.6 Å². The highest BCUT2D eigenvalue weighted by Gasteiger charge is 2.26. The van der Waals surface area contributed by atoms with E-state index in [4.69, 9.17) is 11.6 Å². The third-order valence-electron chi connectivity index (χ3n) is 3.57. The maximum Gasteiger partial charge on any atom is 0.131 e. The minimum absolute atomic E-state index is 0.173. The normalized spacial score (nSPS) is 17.2. The van der Waals surface area contributed by atoms with Crippen LogP contribution in [-0.2, 0) is 6.42 Å². The average Bonchev–Trinajstić information content (AvgIpc) is 2.78. The van der Waals surface area contributed by atoms with Gasteiger partial charge in [0.2, 0.25) is 0 Å². The molecular weight excluding hydrogens is 268 g/mol. The van der Waals surface area contributed by atoms with Crippen molar-refractivity contribution in [2.24, 2.45) is 0 Å². The first-order valence-corrected chi connectivity index (χ1v) is 6.43. The summed E-state index contributed by atoms with van der Waals surface area (Å²) >= 11 is 6.07. The molecule has 2 aromatic carbocycles. The Morgan fingerprint density at radius 2 is 2.00 bits per heavy atom. The Balaban J connectivity index is 1.97. The van der Waals surface area contributed by atoms with Gasteiger partial charge < -0.3 is 5.32 Å². The van der Waals surface area contributed by atoms with Crippen molar-refractivity contribution in [2.75, 3.05) is 5.32 Å². The van der Waals surface area contributed by atoms with Crippen molar-refractivity contribution in [3.63, 3.8) is 0 Å². The lowest BCUT2D eigenvalue weighted by Crippen LogP contribution is -2.08. The Hall–Kier alpha value is -1.61. The standard InChI is InChI=1S/C15H12ClF2N/c1-8-12(16)5-2-9-6-14(19-15(8)9)11-4-3-10(17)7-13(11)18/h2-5,7,14,19H,6H2,1H3. The number of halogens is 3. The lowest BCUT2D eigenvalue weighted by atomic mass is 10.0. The molecule has 0 saturated heterocycles. The van der Waals surface area contributed by atoms with Crippen molar-refractivity contribution < 1.29 is 8.78 Å². The van der Waals surface area contributed by atoms with Crippen LogP contribution in [0.1, 0.15) is 22.7 Å². The van der Waals surface area contributed by atoms with Crippen LogP contribution in [0.5, 0.6) is 0 Å². The van der Waals surface area contributed by atoms with Crippen molar-refractivity contribution in [2.45, 2.75) is 19.4 Å². The number of hydrogen-bond acceptors (Lipinski definition) is 1. The summed E-state index contributed by atoms with van der Waals surface area (Å²) in [6.07, 6.45) is 0.676. The van der Waals surface area contributed by atoms with E-state index in [9.17, 15) is 8.78 Å². The Kier molecular flexibility index (Phi) is 2.94. The van der Waals surface area contributed by atoms with Crippen molar-refractivity contribution in [3.8, 4) is 0 Å². The second-order valence-corrected chi connectivity index (χ2v) is 5.18. The fraction of sp³-hybridized carbons (Fsp3) is 0.200. The second kappa shape index (κ2) is 4.49. The minimum Gasteiger partial charge on any atom is -0.377 e.